The van der Waals surface area contributed by atoms with Gasteiger partial charge in [0.2, 0.25) is 5.95 Å². The van der Waals surface area contributed by atoms with Crippen LogP contribution in [-0.2, 0) is 27.6 Å². The van der Waals surface area contributed by atoms with Crippen LogP contribution in [0.3, 0.4) is 0 Å². The fourth-order valence-corrected chi connectivity index (χ4v) is 3.29. The van der Waals surface area contributed by atoms with Gasteiger partial charge in [-0.2, -0.15) is 9.61 Å². The van der Waals surface area contributed by atoms with Crippen LogP contribution < -0.4 is 14.8 Å². The number of nitrogens with one attached hydrogen (secondary N) is 1. The first-order valence-electron chi connectivity index (χ1n) is 9.30. The summed E-state index contributed by atoms with van der Waals surface area (Å²) in [6.45, 7) is 6.13. The van der Waals surface area contributed by atoms with Crippen LogP contribution in [0.15, 0.2) is 42.5 Å². The second kappa shape index (κ2) is 9.35. The van der Waals surface area contributed by atoms with Crippen LogP contribution in [0.25, 0.3) is 16.9 Å². The van der Waals surface area contributed by atoms with Gasteiger partial charge in [0.1, 0.15) is 17.3 Å². The van der Waals surface area contributed by atoms with Crippen molar-refractivity contribution in [2.24, 2.45) is 0 Å². The summed E-state index contributed by atoms with van der Waals surface area (Å²) in [6.07, 6.45) is 0. The molecule has 0 spiro atoms. The van der Waals surface area contributed by atoms with E-state index in [1.165, 1.54) is 12.1 Å². The molecule has 31 heavy (non-hydrogen) atoms. The van der Waals surface area contributed by atoms with Crippen molar-refractivity contribution in [3.8, 4) is 22.8 Å². The average molecular weight is 502 g/mol. The minimum absolute atomic E-state index is 0. The van der Waals surface area contributed by atoms with E-state index < -0.39 is 0 Å². The standard InChI is InChI=1S/C22H21FN5O2.Mo/c1-13-20(15-6-5-7-17(23)10-15)26-22(28-21(13)25-14(2)27-28)24-12-16-8-9-18(29-3)11-19(16)30-4;/h5-11H,2,12H2,1,3-4H3,(H,24,26);/q-1;. The number of benzene rings is 2. The molecule has 0 aliphatic heterocycles. The maximum absolute atomic E-state index is 13.8. The number of halogens is 1. The van der Waals surface area contributed by atoms with Crippen molar-refractivity contribution in [2.75, 3.05) is 19.5 Å². The van der Waals surface area contributed by atoms with Gasteiger partial charge in [-0.05, 0) is 31.2 Å². The van der Waals surface area contributed by atoms with Gasteiger partial charge in [0.15, 0.2) is 5.65 Å². The van der Waals surface area contributed by atoms with E-state index >= 15 is 0 Å². The van der Waals surface area contributed by atoms with Crippen LogP contribution >= 0.6 is 0 Å². The Kier molecular flexibility index (Phi) is 6.80. The van der Waals surface area contributed by atoms with E-state index in [9.17, 15) is 4.39 Å². The maximum atomic E-state index is 13.8. The predicted octanol–water partition coefficient (Wildman–Crippen LogP) is 4.05. The van der Waals surface area contributed by atoms with Crippen LogP contribution in [0.2, 0.25) is 0 Å². The first-order chi connectivity index (χ1) is 14.5. The van der Waals surface area contributed by atoms with E-state index in [0.717, 1.165) is 11.1 Å². The van der Waals surface area contributed by atoms with E-state index in [0.29, 0.717) is 46.7 Å². The molecule has 0 saturated carbocycles. The second-order valence-corrected chi connectivity index (χ2v) is 6.71. The number of aromatic nitrogens is 4. The molecule has 2 aromatic heterocycles. The topological polar surface area (TPSA) is 73.6 Å². The average Bonchev–Trinajstić information content (AvgIpc) is 3.15. The monoisotopic (exact) mass is 504 g/mol. The third kappa shape index (κ3) is 4.49. The summed E-state index contributed by atoms with van der Waals surface area (Å²) in [5.41, 5.74) is 3.59. The second-order valence-electron chi connectivity index (χ2n) is 6.71. The van der Waals surface area contributed by atoms with Crippen LogP contribution in [-0.4, -0.2) is 33.8 Å². The van der Waals surface area contributed by atoms with Crippen molar-refractivity contribution in [1.82, 2.24) is 19.6 Å². The van der Waals surface area contributed by atoms with Crippen molar-refractivity contribution < 1.29 is 34.9 Å². The van der Waals surface area contributed by atoms with Crippen molar-refractivity contribution in [3.05, 3.63) is 72.2 Å². The maximum Gasteiger partial charge on any atom is 0.226 e. The SMILES string of the molecule is [CH2-]c1nc2c(C)c(-c3cccc(F)c3)nc(NCc3ccc(OC)cc3OC)n2n1.[Mo]. The van der Waals surface area contributed by atoms with Crippen molar-refractivity contribution in [2.45, 2.75) is 13.5 Å². The molecule has 0 atom stereocenters. The van der Waals surface area contributed by atoms with E-state index in [1.54, 1.807) is 24.8 Å². The molecule has 0 saturated heterocycles. The Morgan fingerprint density at radius 3 is 2.61 bits per heavy atom. The molecule has 0 aliphatic carbocycles. The summed E-state index contributed by atoms with van der Waals surface area (Å²) in [5, 5.41) is 7.64. The molecule has 0 unspecified atom stereocenters. The Morgan fingerprint density at radius 2 is 1.90 bits per heavy atom. The molecular weight excluding hydrogens is 481 g/mol. The van der Waals surface area contributed by atoms with Gasteiger partial charge < -0.3 is 21.7 Å². The number of nitrogens with zero attached hydrogens (tertiary/aromatic N) is 4. The van der Waals surface area contributed by atoms with Gasteiger partial charge in [0.25, 0.3) is 0 Å². The van der Waals surface area contributed by atoms with Crippen LogP contribution in [0.5, 0.6) is 11.5 Å². The zero-order chi connectivity index (χ0) is 21.3. The minimum atomic E-state index is -0.328. The number of rotatable bonds is 6. The van der Waals surface area contributed by atoms with Gasteiger partial charge in [-0.25, -0.2) is 14.4 Å². The molecule has 9 heteroatoms. The molecule has 0 bridgehead atoms. The zero-order valence-electron chi connectivity index (χ0n) is 17.3. The third-order valence-corrected chi connectivity index (χ3v) is 4.79. The van der Waals surface area contributed by atoms with Gasteiger partial charge >= 0.3 is 0 Å². The summed E-state index contributed by atoms with van der Waals surface area (Å²) < 4.78 is 26.1. The number of aryl methyl sites for hydroxylation is 1. The molecular formula is C22H21FMoN5O2-. The molecule has 4 aromatic rings. The molecule has 7 nitrogen and oxygen atoms in total. The summed E-state index contributed by atoms with van der Waals surface area (Å²) in [5.74, 6) is 1.91. The van der Waals surface area contributed by atoms with E-state index in [2.05, 4.69) is 22.3 Å². The number of anilines is 1. The molecule has 2 aromatic carbocycles. The van der Waals surface area contributed by atoms with Gasteiger partial charge in [-0.1, -0.05) is 12.1 Å². The predicted molar refractivity (Wildman–Crippen MR) is 112 cm³/mol. The summed E-state index contributed by atoms with van der Waals surface area (Å²) in [4.78, 5) is 9.14. The number of fused-ring (bicyclic) bond motifs is 1. The largest absolute Gasteiger partial charge is 0.497 e. The molecule has 0 amide bonds. The zero-order valence-corrected chi connectivity index (χ0v) is 19.4. The molecule has 0 fully saturated rings. The third-order valence-electron chi connectivity index (χ3n) is 4.79. The quantitative estimate of drug-likeness (QED) is 0.317. The van der Waals surface area contributed by atoms with E-state index in [1.807, 2.05) is 31.2 Å². The normalized spacial score (nSPS) is 10.6. The Labute approximate surface area is 193 Å². The van der Waals surface area contributed by atoms with Gasteiger partial charge in [0.05, 0.1) is 19.9 Å². The smallest absolute Gasteiger partial charge is 0.226 e. The summed E-state index contributed by atoms with van der Waals surface area (Å²) >= 11 is 0. The molecule has 1 N–H and O–H groups in total. The Hall–Kier alpha value is -3.12. The molecule has 0 aliphatic rings. The Morgan fingerprint density at radius 1 is 1.10 bits per heavy atom. The number of hydrogen-bond donors (Lipinski definition) is 1. The van der Waals surface area contributed by atoms with E-state index in [-0.39, 0.29) is 26.9 Å². The Balaban J connectivity index is 0.00000272. The van der Waals surface area contributed by atoms with Crippen LogP contribution in [0.1, 0.15) is 17.0 Å². The fourth-order valence-electron chi connectivity index (χ4n) is 3.29. The summed E-state index contributed by atoms with van der Waals surface area (Å²) in [6, 6.07) is 11.9. The molecule has 2 heterocycles. The van der Waals surface area contributed by atoms with Crippen LogP contribution in [0.4, 0.5) is 10.3 Å². The number of ether oxygens (including phenoxy) is 2. The number of methoxy groups -OCH3 is 2. The summed E-state index contributed by atoms with van der Waals surface area (Å²) in [7, 11) is 3.21. The van der Waals surface area contributed by atoms with Gasteiger partial charge in [-0.15, -0.1) is 0 Å². The molecule has 160 valence electrons. The van der Waals surface area contributed by atoms with Gasteiger partial charge in [-0.3, -0.25) is 0 Å². The van der Waals surface area contributed by atoms with E-state index in [4.69, 9.17) is 14.5 Å². The van der Waals surface area contributed by atoms with Crippen molar-refractivity contribution in [3.63, 3.8) is 0 Å². The number of hydrogen-bond acceptors (Lipinski definition) is 6. The minimum Gasteiger partial charge on any atom is -0.497 e. The first-order valence-corrected chi connectivity index (χ1v) is 9.30. The van der Waals surface area contributed by atoms with Crippen molar-refractivity contribution in [1.29, 1.82) is 0 Å². The van der Waals surface area contributed by atoms with Gasteiger partial charge in [0, 0.05) is 56.2 Å². The molecule has 0 radical (unpaired) electrons. The van der Waals surface area contributed by atoms with Crippen molar-refractivity contribution >= 4 is 11.6 Å². The Bertz CT molecular complexity index is 1230. The van der Waals surface area contributed by atoms with Crippen LogP contribution in [0, 0.1) is 19.7 Å². The fraction of sp³-hybridized carbons (Fsp3) is 0.182. The first kappa shape index (κ1) is 22.6. The molecule has 4 rings (SSSR count).